The van der Waals surface area contributed by atoms with Gasteiger partial charge in [0.25, 0.3) is 10.1 Å². The summed E-state index contributed by atoms with van der Waals surface area (Å²) in [6, 6.07) is 18.3. The third kappa shape index (κ3) is 7.36. The molecule has 5 atom stereocenters. The molecule has 5 unspecified atom stereocenters. The molecule has 0 N–H and O–H groups in total. The van der Waals surface area contributed by atoms with Gasteiger partial charge in [-0.2, -0.15) is 8.42 Å². The van der Waals surface area contributed by atoms with E-state index >= 15 is 0 Å². The van der Waals surface area contributed by atoms with E-state index < -0.39 is 49.4 Å². The van der Waals surface area contributed by atoms with Crippen LogP contribution < -0.4 is 0 Å². The van der Waals surface area contributed by atoms with Gasteiger partial charge in [-0.1, -0.05) is 65.8 Å². The number of fused-ring (bicyclic) bond motifs is 1. The average Bonchev–Trinajstić information content (AvgIpc) is 3.47. The van der Waals surface area contributed by atoms with E-state index in [4.69, 9.17) is 8.92 Å². The molecule has 2 aromatic carbocycles. The van der Waals surface area contributed by atoms with Gasteiger partial charge in [-0.3, -0.25) is 8.98 Å². The maximum Gasteiger partial charge on any atom is 0.320 e. The minimum Gasteiger partial charge on any atom is -0.748 e. The number of ether oxygens (including phenoxy) is 1. The summed E-state index contributed by atoms with van der Waals surface area (Å²) in [5.41, 5.74) is 3.24. The molecule has 8 nitrogen and oxygen atoms in total. The Bertz CT molecular complexity index is 1410. The Kier molecular flexibility index (Phi) is 8.82. The van der Waals surface area contributed by atoms with Crippen LogP contribution in [-0.2, 0) is 55.7 Å². The molecule has 1 aliphatic heterocycles. The van der Waals surface area contributed by atoms with Gasteiger partial charge in [0.1, 0.15) is 34.3 Å². The normalized spacial score (nSPS) is 26.5. The van der Waals surface area contributed by atoms with Crippen molar-refractivity contribution in [3.8, 4) is 0 Å². The zero-order valence-electron chi connectivity index (χ0n) is 24.6. The van der Waals surface area contributed by atoms with Gasteiger partial charge in [-0.15, -0.1) is 0 Å². The van der Waals surface area contributed by atoms with Crippen molar-refractivity contribution in [2.45, 2.75) is 92.5 Å². The van der Waals surface area contributed by atoms with Crippen molar-refractivity contribution in [2.24, 2.45) is 11.8 Å². The van der Waals surface area contributed by atoms with Crippen LogP contribution in [0, 0.1) is 11.8 Å². The highest BCUT2D eigenvalue weighted by molar-refractivity contribution is 7.96. The number of carbonyl (C=O) groups is 1. The first-order valence-corrected chi connectivity index (χ1v) is 18.4. The highest BCUT2D eigenvalue weighted by Gasteiger charge is 2.65. The van der Waals surface area contributed by atoms with Gasteiger partial charge in [-0.05, 0) is 59.1 Å². The van der Waals surface area contributed by atoms with E-state index in [1.165, 1.54) is 20.9 Å². The highest BCUT2D eigenvalue weighted by atomic mass is 32.2. The molecule has 5 rings (SSSR count). The van der Waals surface area contributed by atoms with Crippen LogP contribution in [0.1, 0.15) is 65.5 Å². The summed E-state index contributed by atoms with van der Waals surface area (Å²) < 4.78 is 64.5. The van der Waals surface area contributed by atoms with Gasteiger partial charge in [0.15, 0.2) is 9.79 Å². The summed E-state index contributed by atoms with van der Waals surface area (Å²) in [5.74, 6) is -2.74. The van der Waals surface area contributed by atoms with Crippen molar-refractivity contribution >= 4 is 37.1 Å². The smallest absolute Gasteiger partial charge is 0.320 e. The maximum absolute atomic E-state index is 11.6. The van der Waals surface area contributed by atoms with Crippen molar-refractivity contribution in [1.29, 1.82) is 0 Å². The molecular weight excluding hydrogens is 585 g/mol. The second-order valence-electron chi connectivity index (χ2n) is 13.2. The van der Waals surface area contributed by atoms with E-state index in [0.717, 1.165) is 0 Å². The van der Waals surface area contributed by atoms with E-state index in [1.54, 1.807) is 0 Å². The standard InChI is InChI=1S/C21H29S.C9H12O8S2/c1-20(2,3)16-8-12-18(13-9-16)22(7)19-14-10-17(11-15-19)21(4,5)6;10-7(3-18(11,12)13)16-8-4-1-5-6(2-4)19(14,15)17-9(5)8/h8-15H,1-7H3;4-6,8-9H,1-3H2,(H,11,12,13)/q+1;/p-1. The fraction of sp³-hybridized carbons (Fsp3) is 0.567. The molecule has 1 saturated heterocycles. The van der Waals surface area contributed by atoms with Crippen LogP contribution in [0.3, 0.4) is 0 Å². The monoisotopic (exact) mass is 624 g/mol. The van der Waals surface area contributed by atoms with Crippen LogP contribution in [-0.4, -0.2) is 56.8 Å². The first-order valence-electron chi connectivity index (χ1n) is 13.7. The number of rotatable bonds is 5. The molecule has 3 fully saturated rings. The van der Waals surface area contributed by atoms with Crippen molar-refractivity contribution < 1.29 is 35.1 Å². The Morgan fingerprint density at radius 2 is 1.39 bits per heavy atom. The molecule has 11 heteroatoms. The van der Waals surface area contributed by atoms with Crippen molar-refractivity contribution in [1.82, 2.24) is 0 Å². The Morgan fingerprint density at radius 1 is 0.927 bits per heavy atom. The van der Waals surface area contributed by atoms with Crippen LogP contribution >= 0.6 is 0 Å². The van der Waals surface area contributed by atoms with Crippen LogP contribution in [0.15, 0.2) is 58.3 Å². The minimum atomic E-state index is -4.70. The zero-order valence-corrected chi connectivity index (χ0v) is 27.1. The summed E-state index contributed by atoms with van der Waals surface area (Å²) >= 11 is 0. The molecule has 41 heavy (non-hydrogen) atoms. The fourth-order valence-corrected chi connectivity index (χ4v) is 9.43. The van der Waals surface area contributed by atoms with Crippen molar-refractivity contribution in [3.05, 3.63) is 59.7 Å². The van der Waals surface area contributed by atoms with Crippen molar-refractivity contribution in [3.63, 3.8) is 0 Å². The van der Waals surface area contributed by atoms with Crippen LogP contribution in [0.5, 0.6) is 0 Å². The van der Waals surface area contributed by atoms with E-state index in [-0.39, 0.29) is 33.6 Å². The van der Waals surface area contributed by atoms with Crippen LogP contribution in [0.4, 0.5) is 0 Å². The van der Waals surface area contributed by atoms with E-state index in [1.807, 2.05) is 0 Å². The lowest BCUT2D eigenvalue weighted by Crippen LogP contribution is -2.38. The molecule has 226 valence electrons. The lowest BCUT2D eigenvalue weighted by molar-refractivity contribution is -0.152. The Morgan fingerprint density at radius 3 is 1.80 bits per heavy atom. The van der Waals surface area contributed by atoms with Gasteiger partial charge in [0, 0.05) is 11.8 Å². The second-order valence-corrected chi connectivity index (χ2v) is 18.4. The van der Waals surface area contributed by atoms with Gasteiger partial charge < -0.3 is 9.29 Å². The highest BCUT2D eigenvalue weighted by Crippen LogP contribution is 2.55. The first-order chi connectivity index (χ1) is 18.8. The van der Waals surface area contributed by atoms with Crippen LogP contribution in [0.2, 0.25) is 0 Å². The molecule has 0 aromatic heterocycles. The lowest BCUT2D eigenvalue weighted by atomic mass is 9.87. The maximum atomic E-state index is 11.6. The molecule has 0 radical (unpaired) electrons. The summed E-state index contributed by atoms with van der Waals surface area (Å²) in [6.07, 6.45) is 1.75. The van der Waals surface area contributed by atoms with E-state index in [9.17, 15) is 26.2 Å². The largest absolute Gasteiger partial charge is 0.748 e. The van der Waals surface area contributed by atoms with E-state index in [0.29, 0.717) is 12.8 Å². The summed E-state index contributed by atoms with van der Waals surface area (Å²) in [5, 5.41) is -0.541. The van der Waals surface area contributed by atoms with Crippen LogP contribution in [0.25, 0.3) is 0 Å². The number of hydrogen-bond donors (Lipinski definition) is 0. The summed E-state index contributed by atoms with van der Waals surface area (Å²) in [6.45, 7) is 13.6. The number of benzene rings is 2. The number of hydrogen-bond acceptors (Lipinski definition) is 8. The molecule has 3 aliphatic rings. The zero-order chi connectivity index (χ0) is 30.5. The Balaban J connectivity index is 0.000000191. The quantitative estimate of drug-likeness (QED) is 0.206. The molecule has 0 amide bonds. The molecule has 0 spiro atoms. The lowest BCUT2D eigenvalue weighted by Gasteiger charge is -2.25. The molecule has 2 aromatic rings. The number of esters is 1. The molecule has 2 bridgehead atoms. The second kappa shape index (κ2) is 11.3. The first kappa shape index (κ1) is 32.0. The molecule has 1 heterocycles. The number of carbonyl (C=O) groups excluding carboxylic acids is 1. The molecular formula is C30H40O8S3. The predicted molar refractivity (Wildman–Crippen MR) is 158 cm³/mol. The summed E-state index contributed by atoms with van der Waals surface area (Å²) in [7, 11) is -8.17. The van der Waals surface area contributed by atoms with Gasteiger partial charge in [-0.25, -0.2) is 8.42 Å². The summed E-state index contributed by atoms with van der Waals surface area (Å²) in [4.78, 5) is 14.1. The molecule has 2 saturated carbocycles. The van der Waals surface area contributed by atoms with E-state index in [2.05, 4.69) is 96.3 Å². The topological polar surface area (TPSA) is 127 Å². The minimum absolute atomic E-state index is 0.133. The fourth-order valence-electron chi connectivity index (χ4n) is 5.83. The third-order valence-corrected chi connectivity index (χ3v) is 12.4. The van der Waals surface area contributed by atoms with Crippen molar-refractivity contribution in [2.75, 3.05) is 12.0 Å². The Labute approximate surface area is 247 Å². The Hall–Kier alpha value is -1.92. The van der Waals surface area contributed by atoms with Gasteiger partial charge in [0.2, 0.25) is 0 Å². The van der Waals surface area contributed by atoms with Gasteiger partial charge in [0.05, 0.1) is 16.1 Å². The average molecular weight is 625 g/mol. The SMILES string of the molecule is C[S+](c1ccc(C(C)(C)C)cc1)c1ccc(C(C)(C)C)cc1.O=C(CS(=O)(=O)[O-])OC1C2CC3C1OS(=O)(=O)C3C2. The third-order valence-electron chi connectivity index (χ3n) is 8.12. The van der Waals surface area contributed by atoms with Gasteiger partial charge >= 0.3 is 5.97 Å². The molecule has 2 aliphatic carbocycles. The predicted octanol–water partition coefficient (Wildman–Crippen LogP) is 4.53.